The van der Waals surface area contributed by atoms with Crippen LogP contribution in [-0.2, 0) is 6.54 Å². The predicted octanol–water partition coefficient (Wildman–Crippen LogP) is 4.33. The molecular formula is C21H20N4O. The third-order valence-electron chi connectivity index (χ3n) is 5.12. The summed E-state index contributed by atoms with van der Waals surface area (Å²) in [6.07, 6.45) is 10.1. The number of likely N-dealkylation sites (tertiary alicyclic amines) is 1. The summed E-state index contributed by atoms with van der Waals surface area (Å²) in [5, 5.41) is 4.52. The first-order valence-electron chi connectivity index (χ1n) is 9.03. The molecule has 1 atom stereocenters. The van der Waals surface area contributed by atoms with Gasteiger partial charge in [-0.05, 0) is 37.1 Å². The van der Waals surface area contributed by atoms with Gasteiger partial charge in [0.15, 0.2) is 5.65 Å². The summed E-state index contributed by atoms with van der Waals surface area (Å²) in [5.74, 6) is 1.06. The second kappa shape index (κ2) is 6.42. The quantitative estimate of drug-likeness (QED) is 0.553. The van der Waals surface area contributed by atoms with Gasteiger partial charge in [0.05, 0.1) is 18.5 Å². The van der Waals surface area contributed by atoms with Gasteiger partial charge in [-0.15, -0.1) is 0 Å². The fraction of sp³-hybridized carbons (Fsp3) is 0.238. The summed E-state index contributed by atoms with van der Waals surface area (Å²) < 4.78 is 7.52. The highest BCUT2D eigenvalue weighted by molar-refractivity contribution is 5.76. The van der Waals surface area contributed by atoms with Gasteiger partial charge < -0.3 is 4.42 Å². The molecule has 0 saturated carbocycles. The van der Waals surface area contributed by atoms with Crippen LogP contribution in [0.1, 0.15) is 30.2 Å². The SMILES string of the molecule is c1ccc(-c2cnn3cc(CN4CCC[C@@H]4c4ccco4)cnc23)cc1. The Bertz CT molecular complexity index is 1010. The van der Waals surface area contributed by atoms with Crippen molar-refractivity contribution in [2.24, 2.45) is 0 Å². The molecule has 1 saturated heterocycles. The molecule has 5 nitrogen and oxygen atoms in total. The summed E-state index contributed by atoms with van der Waals surface area (Å²) >= 11 is 0. The molecule has 1 aliphatic heterocycles. The van der Waals surface area contributed by atoms with Gasteiger partial charge in [0.25, 0.3) is 0 Å². The molecular weight excluding hydrogens is 324 g/mol. The van der Waals surface area contributed by atoms with E-state index < -0.39 is 0 Å². The first-order valence-corrected chi connectivity index (χ1v) is 9.03. The molecule has 0 spiro atoms. The second-order valence-corrected chi connectivity index (χ2v) is 6.80. The fourth-order valence-electron chi connectivity index (χ4n) is 3.87. The molecule has 0 radical (unpaired) electrons. The topological polar surface area (TPSA) is 46.6 Å². The van der Waals surface area contributed by atoms with E-state index in [1.54, 1.807) is 6.26 Å². The first-order chi connectivity index (χ1) is 12.9. The lowest BCUT2D eigenvalue weighted by molar-refractivity contribution is 0.220. The normalized spacial score (nSPS) is 17.9. The summed E-state index contributed by atoms with van der Waals surface area (Å²) in [6.45, 7) is 1.94. The van der Waals surface area contributed by atoms with E-state index >= 15 is 0 Å². The van der Waals surface area contributed by atoms with Crippen molar-refractivity contribution in [3.8, 4) is 11.1 Å². The Morgan fingerprint density at radius 2 is 2.00 bits per heavy atom. The Morgan fingerprint density at radius 1 is 1.08 bits per heavy atom. The highest BCUT2D eigenvalue weighted by Crippen LogP contribution is 2.33. The number of furan rings is 1. The Labute approximate surface area is 151 Å². The number of aromatic nitrogens is 3. The highest BCUT2D eigenvalue weighted by Gasteiger charge is 2.28. The third-order valence-corrected chi connectivity index (χ3v) is 5.12. The van der Waals surface area contributed by atoms with Crippen LogP contribution in [0.5, 0.6) is 0 Å². The summed E-state index contributed by atoms with van der Waals surface area (Å²) in [5.41, 5.74) is 4.26. The van der Waals surface area contributed by atoms with Crippen LogP contribution in [0, 0.1) is 0 Å². The van der Waals surface area contributed by atoms with Crippen molar-refractivity contribution in [1.29, 1.82) is 0 Å². The average molecular weight is 344 g/mol. The number of benzene rings is 1. The van der Waals surface area contributed by atoms with Crippen molar-refractivity contribution in [1.82, 2.24) is 19.5 Å². The van der Waals surface area contributed by atoms with Crippen molar-refractivity contribution in [3.05, 3.63) is 78.6 Å². The van der Waals surface area contributed by atoms with Crippen LogP contribution in [0.15, 0.2) is 71.7 Å². The molecule has 0 unspecified atom stereocenters. The average Bonchev–Trinajstić information content (AvgIpc) is 3.42. The van der Waals surface area contributed by atoms with E-state index in [0.29, 0.717) is 6.04 Å². The zero-order valence-corrected chi connectivity index (χ0v) is 14.5. The lowest BCUT2D eigenvalue weighted by atomic mass is 10.1. The molecule has 1 fully saturated rings. The van der Waals surface area contributed by atoms with E-state index in [0.717, 1.165) is 42.0 Å². The number of hydrogen-bond acceptors (Lipinski definition) is 4. The van der Waals surface area contributed by atoms with Crippen LogP contribution >= 0.6 is 0 Å². The third kappa shape index (κ3) is 2.70. The van der Waals surface area contributed by atoms with Gasteiger partial charge in [0.1, 0.15) is 5.76 Å². The van der Waals surface area contributed by atoms with Crippen LogP contribution in [0.2, 0.25) is 0 Å². The molecule has 0 bridgehead atoms. The highest BCUT2D eigenvalue weighted by atomic mass is 16.3. The number of hydrogen-bond donors (Lipinski definition) is 0. The van der Waals surface area contributed by atoms with Gasteiger partial charge >= 0.3 is 0 Å². The van der Waals surface area contributed by atoms with Crippen molar-refractivity contribution >= 4 is 5.65 Å². The molecule has 5 heteroatoms. The van der Waals surface area contributed by atoms with E-state index in [4.69, 9.17) is 9.40 Å². The maximum Gasteiger partial charge on any atom is 0.162 e. The van der Waals surface area contributed by atoms with Gasteiger partial charge in [-0.1, -0.05) is 30.3 Å². The minimum absolute atomic E-state index is 0.359. The molecule has 5 rings (SSSR count). The summed E-state index contributed by atoms with van der Waals surface area (Å²) in [7, 11) is 0. The van der Waals surface area contributed by atoms with Crippen LogP contribution in [0.3, 0.4) is 0 Å². The minimum atomic E-state index is 0.359. The second-order valence-electron chi connectivity index (χ2n) is 6.80. The Morgan fingerprint density at radius 3 is 2.85 bits per heavy atom. The van der Waals surface area contributed by atoms with Crippen LogP contribution < -0.4 is 0 Å². The van der Waals surface area contributed by atoms with Gasteiger partial charge in [-0.2, -0.15) is 5.10 Å². The Hall–Kier alpha value is -2.92. The number of rotatable bonds is 4. The molecule has 1 aromatic carbocycles. The largest absolute Gasteiger partial charge is 0.468 e. The van der Waals surface area contributed by atoms with Gasteiger partial charge in [-0.3, -0.25) is 4.90 Å². The maximum absolute atomic E-state index is 5.63. The molecule has 0 N–H and O–H groups in total. The maximum atomic E-state index is 5.63. The standard InChI is InChI=1S/C21H20N4O/c1-2-6-17(7-3-1)18-13-23-25-15-16(12-22-21(18)25)14-24-10-4-8-19(24)20-9-5-11-26-20/h1-3,5-7,9,11-13,15,19H,4,8,10,14H2/t19-/m1/s1. The zero-order valence-electron chi connectivity index (χ0n) is 14.5. The van der Waals surface area contributed by atoms with Crippen molar-refractivity contribution in [2.45, 2.75) is 25.4 Å². The molecule has 4 heterocycles. The fourth-order valence-corrected chi connectivity index (χ4v) is 3.87. The molecule has 0 aliphatic carbocycles. The first kappa shape index (κ1) is 15.3. The number of fused-ring (bicyclic) bond motifs is 1. The molecule has 1 aliphatic rings. The van der Waals surface area contributed by atoms with E-state index in [2.05, 4.69) is 34.4 Å². The molecule has 4 aromatic rings. The molecule has 0 amide bonds. The van der Waals surface area contributed by atoms with Gasteiger partial charge in [0.2, 0.25) is 0 Å². The Balaban J connectivity index is 1.42. The predicted molar refractivity (Wildman–Crippen MR) is 99.5 cm³/mol. The van der Waals surface area contributed by atoms with E-state index in [-0.39, 0.29) is 0 Å². The minimum Gasteiger partial charge on any atom is -0.468 e. The molecule has 130 valence electrons. The van der Waals surface area contributed by atoms with Crippen molar-refractivity contribution < 1.29 is 4.42 Å². The zero-order chi connectivity index (χ0) is 17.3. The number of nitrogens with zero attached hydrogens (tertiary/aromatic N) is 4. The van der Waals surface area contributed by atoms with Crippen LogP contribution in [0.4, 0.5) is 0 Å². The molecule has 3 aromatic heterocycles. The van der Waals surface area contributed by atoms with Crippen molar-refractivity contribution in [2.75, 3.05) is 6.54 Å². The Kier molecular flexibility index (Phi) is 3.79. The lowest BCUT2D eigenvalue weighted by Gasteiger charge is -2.22. The monoisotopic (exact) mass is 344 g/mol. The smallest absolute Gasteiger partial charge is 0.162 e. The summed E-state index contributed by atoms with van der Waals surface area (Å²) in [4.78, 5) is 7.16. The van der Waals surface area contributed by atoms with E-state index in [1.165, 1.54) is 12.0 Å². The van der Waals surface area contributed by atoms with Gasteiger partial charge in [0, 0.05) is 30.1 Å². The molecule has 26 heavy (non-hydrogen) atoms. The summed E-state index contributed by atoms with van der Waals surface area (Å²) in [6, 6.07) is 14.7. The van der Waals surface area contributed by atoms with Gasteiger partial charge in [-0.25, -0.2) is 9.50 Å². The van der Waals surface area contributed by atoms with E-state index in [1.807, 2.05) is 41.2 Å². The van der Waals surface area contributed by atoms with E-state index in [9.17, 15) is 0 Å². The van der Waals surface area contributed by atoms with Crippen LogP contribution in [-0.4, -0.2) is 26.0 Å². The van der Waals surface area contributed by atoms with Crippen LogP contribution in [0.25, 0.3) is 16.8 Å². The van der Waals surface area contributed by atoms with Crippen molar-refractivity contribution in [3.63, 3.8) is 0 Å². The lowest BCUT2D eigenvalue weighted by Crippen LogP contribution is -2.22.